The van der Waals surface area contributed by atoms with Crippen LogP contribution in [0.1, 0.15) is 34.6 Å². The molecule has 0 aliphatic heterocycles. The fourth-order valence-electron chi connectivity index (χ4n) is 2.78. The van der Waals surface area contributed by atoms with E-state index in [9.17, 15) is 4.79 Å². The Hall–Kier alpha value is -2.60. The van der Waals surface area contributed by atoms with Gasteiger partial charge in [0.25, 0.3) is 5.91 Å². The quantitative estimate of drug-likeness (QED) is 0.694. The van der Waals surface area contributed by atoms with Gasteiger partial charge >= 0.3 is 0 Å². The summed E-state index contributed by atoms with van der Waals surface area (Å²) in [5.41, 5.74) is 3.11. The Bertz CT molecular complexity index is 965. The maximum atomic E-state index is 12.7. The van der Waals surface area contributed by atoms with Crippen molar-refractivity contribution in [2.75, 3.05) is 6.61 Å². The topological polar surface area (TPSA) is 79.9 Å². The highest BCUT2D eigenvalue weighted by Gasteiger charge is 2.24. The number of halogens is 1. The Kier molecular flexibility index (Phi) is 4.51. The largest absolute Gasteiger partial charge is 0.477 e. The Morgan fingerprint density at radius 3 is 3.04 bits per heavy atom. The van der Waals surface area contributed by atoms with Crippen molar-refractivity contribution in [2.24, 2.45) is 5.92 Å². The molecule has 2 aromatic heterocycles. The van der Waals surface area contributed by atoms with Gasteiger partial charge in [-0.25, -0.2) is 9.97 Å². The fraction of sp³-hybridized carbons (Fsp3) is 0.316. The summed E-state index contributed by atoms with van der Waals surface area (Å²) in [5, 5.41) is 3.23. The average Bonchev–Trinajstić information content (AvgIpc) is 3.37. The molecule has 6 nitrogen and oxygen atoms in total. The molecule has 1 aliphatic rings. The zero-order valence-electron chi connectivity index (χ0n) is 14.4. The molecule has 1 aliphatic carbocycles. The maximum absolute atomic E-state index is 12.7. The van der Waals surface area contributed by atoms with E-state index in [2.05, 4.69) is 20.3 Å². The van der Waals surface area contributed by atoms with Crippen LogP contribution in [0.2, 0.25) is 5.02 Å². The first-order valence-corrected chi connectivity index (χ1v) is 8.98. The molecule has 0 unspecified atom stereocenters. The van der Waals surface area contributed by atoms with Gasteiger partial charge in [0, 0.05) is 12.7 Å². The van der Waals surface area contributed by atoms with Gasteiger partial charge in [0.2, 0.25) is 5.88 Å². The van der Waals surface area contributed by atoms with Gasteiger partial charge in [-0.15, -0.1) is 0 Å². The van der Waals surface area contributed by atoms with E-state index < -0.39 is 0 Å². The number of fused-ring (bicyclic) bond motifs is 1. The minimum absolute atomic E-state index is 0.285. The van der Waals surface area contributed by atoms with Gasteiger partial charge < -0.3 is 15.0 Å². The molecule has 1 fully saturated rings. The molecule has 0 bridgehead atoms. The van der Waals surface area contributed by atoms with E-state index in [1.54, 1.807) is 12.3 Å². The lowest BCUT2D eigenvalue weighted by atomic mass is 10.2. The van der Waals surface area contributed by atoms with Crippen LogP contribution in [0.3, 0.4) is 0 Å². The molecule has 134 valence electrons. The number of nitrogens with one attached hydrogen (secondary N) is 2. The Labute approximate surface area is 155 Å². The van der Waals surface area contributed by atoms with Crippen LogP contribution in [-0.2, 0) is 6.54 Å². The highest BCUT2D eigenvalue weighted by molar-refractivity contribution is 6.34. The van der Waals surface area contributed by atoms with Gasteiger partial charge in [-0.05, 0) is 49.4 Å². The second kappa shape index (κ2) is 6.96. The molecule has 4 rings (SSSR count). The summed E-state index contributed by atoms with van der Waals surface area (Å²) < 4.78 is 5.71. The van der Waals surface area contributed by atoms with Crippen molar-refractivity contribution in [3.63, 3.8) is 0 Å². The van der Waals surface area contributed by atoms with Crippen LogP contribution in [0.25, 0.3) is 11.0 Å². The number of benzene rings is 1. The number of aromatic nitrogens is 3. The number of pyridine rings is 1. The normalized spacial score (nSPS) is 13.8. The molecule has 2 heterocycles. The summed E-state index contributed by atoms with van der Waals surface area (Å²) in [7, 11) is 0. The van der Waals surface area contributed by atoms with Gasteiger partial charge in [0.05, 0.1) is 22.7 Å². The predicted octanol–water partition coefficient (Wildman–Crippen LogP) is 3.64. The molecule has 0 atom stereocenters. The molecule has 0 radical (unpaired) electrons. The summed E-state index contributed by atoms with van der Waals surface area (Å²) in [5.74, 6) is 1.42. The van der Waals surface area contributed by atoms with E-state index >= 15 is 0 Å². The van der Waals surface area contributed by atoms with Crippen LogP contribution in [0.4, 0.5) is 0 Å². The lowest BCUT2D eigenvalue weighted by Crippen LogP contribution is -2.24. The van der Waals surface area contributed by atoms with Crippen molar-refractivity contribution in [3.8, 4) is 5.88 Å². The molecule has 1 aromatic carbocycles. The van der Waals surface area contributed by atoms with Crippen LogP contribution in [0.5, 0.6) is 5.88 Å². The van der Waals surface area contributed by atoms with Gasteiger partial charge in [0.15, 0.2) is 0 Å². The van der Waals surface area contributed by atoms with Gasteiger partial charge in [-0.3, -0.25) is 4.79 Å². The molecule has 26 heavy (non-hydrogen) atoms. The second-order valence-electron chi connectivity index (χ2n) is 6.58. The number of imidazole rings is 1. The molecule has 1 amide bonds. The van der Waals surface area contributed by atoms with E-state index in [0.29, 0.717) is 30.0 Å². The first-order chi connectivity index (χ1) is 12.6. The average molecular weight is 371 g/mol. The number of ether oxygens (including phenoxy) is 1. The van der Waals surface area contributed by atoms with Crippen LogP contribution >= 0.6 is 11.6 Å². The van der Waals surface area contributed by atoms with Crippen LogP contribution in [-0.4, -0.2) is 27.5 Å². The van der Waals surface area contributed by atoms with Gasteiger partial charge in [0.1, 0.15) is 11.4 Å². The number of aromatic amines is 1. The third-order valence-corrected chi connectivity index (χ3v) is 4.68. The van der Waals surface area contributed by atoms with E-state index in [-0.39, 0.29) is 11.5 Å². The minimum atomic E-state index is -0.296. The number of rotatable bonds is 6. The number of hydrogen-bond acceptors (Lipinski definition) is 4. The fourth-order valence-corrected chi connectivity index (χ4v) is 3.00. The zero-order valence-corrected chi connectivity index (χ0v) is 15.1. The Morgan fingerprint density at radius 2 is 2.23 bits per heavy atom. The third kappa shape index (κ3) is 3.65. The Balaban J connectivity index is 1.48. The van der Waals surface area contributed by atoms with Crippen molar-refractivity contribution >= 4 is 28.5 Å². The molecular weight excluding hydrogens is 352 g/mol. The standard InChI is InChI=1S/C19H19ClN4O2/c1-11-23-15-5-4-13(8-16(15)24-11)9-22-18(25)17-14(20)6-7-21-19(17)26-10-12-2-3-12/h4-8,12H,2-3,9-10H2,1H3,(H,22,25)(H,23,24). The van der Waals surface area contributed by atoms with Gasteiger partial charge in [-0.2, -0.15) is 0 Å². The second-order valence-corrected chi connectivity index (χ2v) is 6.99. The monoisotopic (exact) mass is 370 g/mol. The van der Waals surface area contributed by atoms with Crippen molar-refractivity contribution < 1.29 is 9.53 Å². The smallest absolute Gasteiger partial charge is 0.258 e. The highest BCUT2D eigenvalue weighted by Crippen LogP contribution is 2.31. The molecular formula is C19H19ClN4O2. The minimum Gasteiger partial charge on any atom is -0.477 e. The van der Waals surface area contributed by atoms with Crippen molar-refractivity contribution in [2.45, 2.75) is 26.3 Å². The van der Waals surface area contributed by atoms with Crippen LogP contribution in [0.15, 0.2) is 30.5 Å². The lowest BCUT2D eigenvalue weighted by Gasteiger charge is -2.12. The summed E-state index contributed by atoms with van der Waals surface area (Å²) >= 11 is 6.22. The Morgan fingerprint density at radius 1 is 1.38 bits per heavy atom. The number of hydrogen-bond donors (Lipinski definition) is 2. The first-order valence-electron chi connectivity index (χ1n) is 8.61. The number of H-pyrrole nitrogens is 1. The summed E-state index contributed by atoms with van der Waals surface area (Å²) in [6.07, 6.45) is 3.88. The number of carbonyl (C=O) groups is 1. The lowest BCUT2D eigenvalue weighted by molar-refractivity contribution is 0.0945. The number of aryl methyl sites for hydroxylation is 1. The van der Waals surface area contributed by atoms with E-state index in [0.717, 1.165) is 35.3 Å². The molecule has 1 saturated carbocycles. The van der Waals surface area contributed by atoms with Crippen molar-refractivity contribution in [3.05, 3.63) is 52.4 Å². The molecule has 0 spiro atoms. The van der Waals surface area contributed by atoms with Gasteiger partial charge in [-0.1, -0.05) is 17.7 Å². The van der Waals surface area contributed by atoms with Crippen LogP contribution in [0, 0.1) is 12.8 Å². The number of nitrogens with zero attached hydrogens (tertiary/aromatic N) is 2. The van der Waals surface area contributed by atoms with E-state index in [4.69, 9.17) is 16.3 Å². The molecule has 3 aromatic rings. The van der Waals surface area contributed by atoms with Crippen molar-refractivity contribution in [1.82, 2.24) is 20.3 Å². The molecule has 7 heteroatoms. The zero-order chi connectivity index (χ0) is 18.1. The molecule has 2 N–H and O–H groups in total. The molecule has 0 saturated heterocycles. The number of carbonyl (C=O) groups excluding carboxylic acids is 1. The predicted molar refractivity (Wildman–Crippen MR) is 99.5 cm³/mol. The number of amides is 1. The van der Waals surface area contributed by atoms with E-state index in [1.807, 2.05) is 25.1 Å². The summed E-state index contributed by atoms with van der Waals surface area (Å²) in [6.45, 7) is 2.86. The van der Waals surface area contributed by atoms with Crippen molar-refractivity contribution in [1.29, 1.82) is 0 Å². The summed E-state index contributed by atoms with van der Waals surface area (Å²) in [4.78, 5) is 24.4. The summed E-state index contributed by atoms with van der Waals surface area (Å²) in [6, 6.07) is 7.45. The highest BCUT2D eigenvalue weighted by atomic mass is 35.5. The SMILES string of the molecule is Cc1nc2ccc(CNC(=O)c3c(Cl)ccnc3OCC3CC3)cc2[nH]1. The van der Waals surface area contributed by atoms with E-state index in [1.165, 1.54) is 0 Å². The maximum Gasteiger partial charge on any atom is 0.258 e. The first kappa shape index (κ1) is 16.8. The van der Waals surface area contributed by atoms with Crippen LogP contribution < -0.4 is 10.1 Å². The third-order valence-electron chi connectivity index (χ3n) is 4.36.